The molecule has 1 amide bonds. The number of amides is 1. The van der Waals surface area contributed by atoms with Crippen LogP contribution in [-0.4, -0.2) is 108 Å². The molecule has 1 aliphatic heterocycles. The van der Waals surface area contributed by atoms with Crippen LogP contribution in [0.25, 0.3) is 22.1 Å². The summed E-state index contributed by atoms with van der Waals surface area (Å²) in [6, 6.07) is 23.0. The molecule has 1 aliphatic rings. The molecule has 0 bridgehead atoms. The Bertz CT molecular complexity index is 2580. The normalized spacial score (nSPS) is 14.7. The number of fused-ring (bicyclic) bond motifs is 2. The number of halogens is 4. The van der Waals surface area contributed by atoms with E-state index in [2.05, 4.69) is 32.1 Å². The second kappa shape index (κ2) is 20.2. The van der Waals surface area contributed by atoms with E-state index >= 15 is 0 Å². The smallest absolute Gasteiger partial charge is 0.411 e. The lowest BCUT2D eigenvalue weighted by atomic mass is 9.87. The summed E-state index contributed by atoms with van der Waals surface area (Å²) in [6.45, 7) is 2.11. The maximum atomic E-state index is 14.2. The molecular weight excluding hydrogens is 853 g/mol. The first-order valence-electron chi connectivity index (χ1n) is 21.1. The van der Waals surface area contributed by atoms with Crippen molar-refractivity contribution >= 4 is 51.1 Å². The van der Waals surface area contributed by atoms with E-state index in [4.69, 9.17) is 30.5 Å². The number of para-hydroxylation sites is 3. The quantitative estimate of drug-likeness (QED) is 0.0597. The predicted octanol–water partition coefficient (Wildman–Crippen LogP) is 8.68. The monoisotopic (exact) mass is 902 g/mol. The standard InChI is InChI=1S/C47H50ClF3N6O7/c1-5-33(23-31(28-13-15-32(48)16-14-28)26-52-46(60)30-24-38(61-2)43(63-4)39(25-30)62-3)56-19-17-29(18-20-56)41(58)44-53-36-11-8-9-34(40(36)55-44)42(59)45-54-35-10-6-7-12-37(35)57(45)21-22-64-27-47(49,50)51/h6-16,24-25,29,31,33H,5,17-23,26-27H2,1-4H3,(H,52,60)(H,53,55). The van der Waals surface area contributed by atoms with E-state index in [0.717, 1.165) is 18.4 Å². The Morgan fingerprint density at radius 3 is 2.28 bits per heavy atom. The lowest BCUT2D eigenvalue weighted by molar-refractivity contribution is -0.174. The number of ketones is 2. The lowest BCUT2D eigenvalue weighted by Crippen LogP contribution is -2.44. The fourth-order valence-corrected chi connectivity index (χ4v) is 8.62. The first kappa shape index (κ1) is 46.0. The van der Waals surface area contributed by atoms with Gasteiger partial charge >= 0.3 is 6.18 Å². The predicted molar refractivity (Wildman–Crippen MR) is 236 cm³/mol. The number of carbonyl (C=O) groups excluding carboxylic acids is 3. The minimum absolute atomic E-state index is 0.0253. The average Bonchev–Trinajstić information content (AvgIpc) is 3.92. The molecule has 0 spiro atoms. The number of benzene rings is 4. The lowest BCUT2D eigenvalue weighted by Gasteiger charge is -2.38. The van der Waals surface area contributed by atoms with Gasteiger partial charge in [-0.2, -0.15) is 13.2 Å². The number of ether oxygens (including phenoxy) is 4. The van der Waals surface area contributed by atoms with Gasteiger partial charge in [-0.3, -0.25) is 14.4 Å². The molecule has 3 heterocycles. The van der Waals surface area contributed by atoms with Crippen LogP contribution in [0.1, 0.15) is 81.2 Å². The van der Waals surface area contributed by atoms with Crippen LogP contribution in [0.4, 0.5) is 13.2 Å². The van der Waals surface area contributed by atoms with Gasteiger partial charge in [0.05, 0.1) is 50.0 Å². The molecule has 7 rings (SSSR count). The van der Waals surface area contributed by atoms with Gasteiger partial charge in [0, 0.05) is 41.6 Å². The van der Waals surface area contributed by atoms with Crippen molar-refractivity contribution in [3.05, 3.63) is 112 Å². The molecule has 64 heavy (non-hydrogen) atoms. The van der Waals surface area contributed by atoms with Gasteiger partial charge in [0.15, 0.2) is 23.1 Å². The number of carbonyl (C=O) groups is 3. The Kier molecular flexibility index (Phi) is 14.6. The van der Waals surface area contributed by atoms with Gasteiger partial charge in [-0.05, 0) is 92.9 Å². The van der Waals surface area contributed by atoms with Gasteiger partial charge in [0.1, 0.15) is 12.1 Å². The number of likely N-dealkylation sites (tertiary alicyclic amines) is 1. The molecule has 1 fully saturated rings. The van der Waals surface area contributed by atoms with E-state index in [0.29, 0.717) is 82.4 Å². The van der Waals surface area contributed by atoms with Crippen LogP contribution in [0.3, 0.4) is 0 Å². The van der Waals surface area contributed by atoms with E-state index in [1.807, 2.05) is 24.3 Å². The van der Waals surface area contributed by atoms with Crippen molar-refractivity contribution in [1.29, 1.82) is 0 Å². The third kappa shape index (κ3) is 10.4. The number of H-pyrrole nitrogens is 1. The maximum Gasteiger partial charge on any atom is 0.411 e. The highest BCUT2D eigenvalue weighted by Gasteiger charge is 2.33. The Balaban J connectivity index is 1.03. The van der Waals surface area contributed by atoms with Crippen LogP contribution in [0.2, 0.25) is 5.02 Å². The summed E-state index contributed by atoms with van der Waals surface area (Å²) in [5, 5.41) is 3.73. The minimum Gasteiger partial charge on any atom is -0.493 e. The second-order valence-corrected chi connectivity index (χ2v) is 16.1. The number of rotatable bonds is 19. The van der Waals surface area contributed by atoms with E-state index in [1.54, 1.807) is 59.2 Å². The molecule has 4 aromatic carbocycles. The van der Waals surface area contributed by atoms with Crippen molar-refractivity contribution in [2.45, 2.75) is 57.3 Å². The number of aromatic nitrogens is 4. The number of methoxy groups -OCH3 is 3. The van der Waals surface area contributed by atoms with Gasteiger partial charge < -0.3 is 38.7 Å². The largest absolute Gasteiger partial charge is 0.493 e. The van der Waals surface area contributed by atoms with Crippen molar-refractivity contribution < 1.29 is 46.5 Å². The highest BCUT2D eigenvalue weighted by atomic mass is 35.5. The summed E-state index contributed by atoms with van der Waals surface area (Å²) in [7, 11) is 4.50. The van der Waals surface area contributed by atoms with Crippen LogP contribution in [0, 0.1) is 5.92 Å². The fraction of sp³-hybridized carbons (Fsp3) is 0.383. The SMILES string of the molecule is CCC(CC(CNC(=O)c1cc(OC)c(OC)c(OC)c1)c1ccc(Cl)cc1)N1CCC(C(=O)c2nc3c(C(=O)c4nc5ccccc5n4CCOCC(F)(F)F)cccc3[nH]2)CC1. The molecule has 6 aromatic rings. The Labute approximate surface area is 373 Å². The van der Waals surface area contributed by atoms with Gasteiger partial charge in [0.25, 0.3) is 5.91 Å². The maximum absolute atomic E-state index is 14.2. The number of hydrogen-bond acceptors (Lipinski definition) is 10. The molecule has 0 aliphatic carbocycles. The first-order chi connectivity index (χ1) is 30.8. The van der Waals surface area contributed by atoms with Crippen LogP contribution in [0.5, 0.6) is 17.2 Å². The summed E-state index contributed by atoms with van der Waals surface area (Å²) in [6.07, 6.45) is -1.70. The molecular formula is C47H50ClF3N6O7. The van der Waals surface area contributed by atoms with Crippen molar-refractivity contribution in [2.75, 3.05) is 54.2 Å². The highest BCUT2D eigenvalue weighted by molar-refractivity contribution is 6.30. The van der Waals surface area contributed by atoms with E-state index in [1.165, 1.54) is 21.3 Å². The van der Waals surface area contributed by atoms with Crippen LogP contribution < -0.4 is 19.5 Å². The van der Waals surface area contributed by atoms with E-state index < -0.39 is 18.6 Å². The molecule has 338 valence electrons. The number of alkyl halides is 3. The van der Waals surface area contributed by atoms with E-state index in [-0.39, 0.29) is 59.9 Å². The zero-order valence-corrected chi connectivity index (χ0v) is 36.7. The molecule has 2 aromatic heterocycles. The summed E-state index contributed by atoms with van der Waals surface area (Å²) in [5.41, 5.74) is 3.48. The number of aromatic amines is 1. The van der Waals surface area contributed by atoms with Crippen LogP contribution in [0.15, 0.2) is 78.9 Å². The Morgan fingerprint density at radius 1 is 0.922 bits per heavy atom. The minimum atomic E-state index is -4.48. The number of nitrogens with zero attached hydrogens (tertiary/aromatic N) is 4. The van der Waals surface area contributed by atoms with Crippen molar-refractivity contribution in [2.24, 2.45) is 5.92 Å². The summed E-state index contributed by atoms with van der Waals surface area (Å²) in [4.78, 5) is 56.5. The third-order valence-electron chi connectivity index (χ3n) is 11.8. The number of imidazole rings is 2. The van der Waals surface area contributed by atoms with Gasteiger partial charge in [-0.1, -0.05) is 48.9 Å². The molecule has 0 saturated carbocycles. The molecule has 2 atom stereocenters. The Hall–Kier alpha value is -5.97. The first-order valence-corrected chi connectivity index (χ1v) is 21.4. The van der Waals surface area contributed by atoms with Gasteiger partial charge in [0.2, 0.25) is 17.3 Å². The van der Waals surface area contributed by atoms with Gasteiger partial charge in [-0.25, -0.2) is 9.97 Å². The number of nitrogens with one attached hydrogen (secondary N) is 2. The topological polar surface area (TPSA) is 150 Å². The molecule has 0 radical (unpaired) electrons. The van der Waals surface area contributed by atoms with Crippen molar-refractivity contribution in [3.63, 3.8) is 0 Å². The van der Waals surface area contributed by atoms with Crippen LogP contribution >= 0.6 is 11.6 Å². The molecule has 2 unspecified atom stereocenters. The number of piperidine rings is 1. The summed E-state index contributed by atoms with van der Waals surface area (Å²) >= 11 is 6.27. The van der Waals surface area contributed by atoms with Crippen molar-refractivity contribution in [1.82, 2.24) is 29.7 Å². The van der Waals surface area contributed by atoms with E-state index in [9.17, 15) is 27.6 Å². The molecule has 2 N–H and O–H groups in total. The zero-order valence-electron chi connectivity index (χ0n) is 36.0. The second-order valence-electron chi connectivity index (χ2n) is 15.7. The Morgan fingerprint density at radius 2 is 1.62 bits per heavy atom. The molecule has 17 heteroatoms. The number of Topliss-reactive ketones (excluding diaryl/α,β-unsaturated/α-hetero) is 1. The number of hydrogen-bond donors (Lipinski definition) is 2. The zero-order chi connectivity index (χ0) is 45.5. The molecule has 1 saturated heterocycles. The molecule has 13 nitrogen and oxygen atoms in total. The summed E-state index contributed by atoms with van der Waals surface area (Å²) in [5.74, 6) is 0.0317. The summed E-state index contributed by atoms with van der Waals surface area (Å²) < 4.78 is 61.1. The fourth-order valence-electron chi connectivity index (χ4n) is 8.50. The van der Waals surface area contributed by atoms with Crippen LogP contribution in [-0.2, 0) is 11.3 Å². The average molecular weight is 903 g/mol. The van der Waals surface area contributed by atoms with Crippen molar-refractivity contribution in [3.8, 4) is 17.2 Å². The highest BCUT2D eigenvalue weighted by Crippen LogP contribution is 2.38. The third-order valence-corrected chi connectivity index (χ3v) is 12.0. The van der Waals surface area contributed by atoms with Gasteiger partial charge in [-0.15, -0.1) is 0 Å².